The number of rotatable bonds is 2. The van der Waals surface area contributed by atoms with E-state index in [1.807, 2.05) is 6.07 Å². The molecule has 1 amide bonds. The molecule has 0 heterocycles. The third kappa shape index (κ3) is 2.90. The Balaban J connectivity index is 2.35. The van der Waals surface area contributed by atoms with E-state index in [2.05, 4.69) is 5.32 Å². The Hall–Kier alpha value is -2.09. The highest BCUT2D eigenvalue weighted by Crippen LogP contribution is 2.24. The van der Waals surface area contributed by atoms with Gasteiger partial charge < -0.3 is 5.32 Å². The predicted molar refractivity (Wildman–Crippen MR) is 75.5 cm³/mol. The Morgan fingerprint density at radius 1 is 1.25 bits per heavy atom. The number of carbonyl (C=O) groups is 1. The van der Waals surface area contributed by atoms with Gasteiger partial charge >= 0.3 is 0 Å². The Kier molecular flexibility index (Phi) is 4.23. The topological polar surface area (TPSA) is 52.9 Å². The Morgan fingerprint density at radius 2 is 2.00 bits per heavy atom. The molecule has 0 bridgehead atoms. The summed E-state index contributed by atoms with van der Waals surface area (Å²) < 4.78 is 13.3. The van der Waals surface area contributed by atoms with Crippen molar-refractivity contribution in [3.05, 3.63) is 63.4 Å². The van der Waals surface area contributed by atoms with Crippen LogP contribution in [0.15, 0.2) is 36.4 Å². The summed E-state index contributed by atoms with van der Waals surface area (Å²) in [6, 6.07) is 10.3. The third-order valence-corrected chi connectivity index (χ3v) is 3.17. The van der Waals surface area contributed by atoms with Crippen LogP contribution >= 0.6 is 23.2 Å². The summed E-state index contributed by atoms with van der Waals surface area (Å²) >= 11 is 11.5. The van der Waals surface area contributed by atoms with Gasteiger partial charge in [-0.2, -0.15) is 5.26 Å². The van der Waals surface area contributed by atoms with Crippen LogP contribution in [0.1, 0.15) is 15.9 Å². The summed E-state index contributed by atoms with van der Waals surface area (Å²) in [5.41, 5.74) is 0.469. The van der Waals surface area contributed by atoms with Gasteiger partial charge in [-0.25, -0.2) is 4.39 Å². The fourth-order valence-electron chi connectivity index (χ4n) is 1.59. The number of nitriles is 1. The van der Waals surface area contributed by atoms with E-state index in [1.165, 1.54) is 30.3 Å². The van der Waals surface area contributed by atoms with Crippen molar-refractivity contribution >= 4 is 34.8 Å². The second kappa shape index (κ2) is 5.91. The number of carbonyl (C=O) groups excluding carboxylic acids is 1. The first-order valence-electron chi connectivity index (χ1n) is 5.48. The second-order valence-corrected chi connectivity index (χ2v) is 4.67. The molecule has 0 fully saturated rings. The van der Waals surface area contributed by atoms with E-state index in [-0.39, 0.29) is 21.8 Å². The summed E-state index contributed by atoms with van der Waals surface area (Å²) in [5, 5.41) is 11.5. The average molecular weight is 309 g/mol. The van der Waals surface area contributed by atoms with E-state index < -0.39 is 11.7 Å². The van der Waals surface area contributed by atoms with Gasteiger partial charge in [-0.3, -0.25) is 4.79 Å². The smallest absolute Gasteiger partial charge is 0.257 e. The zero-order chi connectivity index (χ0) is 14.7. The highest BCUT2D eigenvalue weighted by atomic mass is 35.5. The highest BCUT2D eigenvalue weighted by molar-refractivity contribution is 6.34. The number of hydrogen-bond acceptors (Lipinski definition) is 2. The van der Waals surface area contributed by atoms with Crippen molar-refractivity contribution in [2.45, 2.75) is 0 Å². The maximum absolute atomic E-state index is 13.3. The zero-order valence-electron chi connectivity index (χ0n) is 9.95. The van der Waals surface area contributed by atoms with E-state index in [1.54, 1.807) is 0 Å². The minimum Gasteiger partial charge on any atom is -0.321 e. The highest BCUT2D eigenvalue weighted by Gasteiger charge is 2.15. The van der Waals surface area contributed by atoms with Gasteiger partial charge in [0.2, 0.25) is 0 Å². The molecule has 0 aliphatic rings. The van der Waals surface area contributed by atoms with Crippen molar-refractivity contribution < 1.29 is 9.18 Å². The van der Waals surface area contributed by atoms with Crippen molar-refractivity contribution in [3.63, 3.8) is 0 Å². The van der Waals surface area contributed by atoms with Gasteiger partial charge in [0, 0.05) is 5.02 Å². The minimum absolute atomic E-state index is 0.0180. The summed E-state index contributed by atoms with van der Waals surface area (Å²) in [6.07, 6.45) is 0. The fourth-order valence-corrected chi connectivity index (χ4v) is 1.97. The van der Waals surface area contributed by atoms with E-state index in [9.17, 15) is 9.18 Å². The predicted octanol–water partition coefficient (Wildman–Crippen LogP) is 4.26. The molecule has 0 saturated carbocycles. The van der Waals surface area contributed by atoms with Crippen LogP contribution in [0.3, 0.4) is 0 Å². The van der Waals surface area contributed by atoms with Crippen LogP contribution in [0.25, 0.3) is 0 Å². The average Bonchev–Trinajstić information content (AvgIpc) is 2.42. The second-order valence-electron chi connectivity index (χ2n) is 3.86. The first kappa shape index (κ1) is 14.3. The van der Waals surface area contributed by atoms with E-state index >= 15 is 0 Å². The standard InChI is InChI=1S/C14H7Cl2FN2O/c15-9-5-4-8(7-18)12(6-9)19-14(20)10-2-1-3-11(17)13(10)16/h1-6H,(H,19,20). The number of amides is 1. The van der Waals surface area contributed by atoms with Gasteiger partial charge in [-0.05, 0) is 30.3 Å². The van der Waals surface area contributed by atoms with Crippen molar-refractivity contribution in [2.75, 3.05) is 5.32 Å². The number of halogens is 3. The van der Waals surface area contributed by atoms with Crippen molar-refractivity contribution in [1.82, 2.24) is 0 Å². The molecule has 0 atom stereocenters. The number of hydrogen-bond donors (Lipinski definition) is 1. The van der Waals surface area contributed by atoms with Gasteiger partial charge in [-0.1, -0.05) is 29.3 Å². The first-order valence-corrected chi connectivity index (χ1v) is 6.23. The number of nitrogens with zero attached hydrogens (tertiary/aromatic N) is 1. The number of anilines is 1. The summed E-state index contributed by atoms with van der Waals surface area (Å²) in [6.45, 7) is 0. The molecular weight excluding hydrogens is 302 g/mol. The van der Waals surface area contributed by atoms with Crippen LogP contribution in [-0.2, 0) is 0 Å². The molecule has 1 N–H and O–H groups in total. The molecule has 20 heavy (non-hydrogen) atoms. The molecule has 2 aromatic carbocycles. The van der Waals surface area contributed by atoms with Crippen LogP contribution in [0, 0.1) is 17.1 Å². The lowest BCUT2D eigenvalue weighted by Gasteiger charge is -2.09. The maximum atomic E-state index is 13.3. The lowest BCUT2D eigenvalue weighted by Crippen LogP contribution is -2.14. The van der Waals surface area contributed by atoms with Gasteiger partial charge in [0.1, 0.15) is 11.9 Å². The first-order chi connectivity index (χ1) is 9.52. The summed E-state index contributed by atoms with van der Waals surface area (Å²) in [7, 11) is 0. The largest absolute Gasteiger partial charge is 0.321 e. The lowest BCUT2D eigenvalue weighted by molar-refractivity contribution is 0.102. The summed E-state index contributed by atoms with van der Waals surface area (Å²) in [4.78, 5) is 12.1. The van der Waals surface area contributed by atoms with Crippen molar-refractivity contribution in [3.8, 4) is 6.07 Å². The van der Waals surface area contributed by atoms with Crippen LogP contribution in [0.2, 0.25) is 10.0 Å². The molecule has 6 heteroatoms. The number of nitrogens with one attached hydrogen (secondary N) is 1. The molecule has 0 aliphatic heterocycles. The van der Waals surface area contributed by atoms with Crippen molar-refractivity contribution in [2.24, 2.45) is 0 Å². The quantitative estimate of drug-likeness (QED) is 0.901. The Morgan fingerprint density at radius 3 is 2.70 bits per heavy atom. The third-order valence-electron chi connectivity index (χ3n) is 2.55. The van der Waals surface area contributed by atoms with Crippen LogP contribution < -0.4 is 5.32 Å². The molecule has 2 rings (SSSR count). The molecule has 0 aliphatic carbocycles. The Labute approximate surface area is 124 Å². The van der Waals surface area contributed by atoms with Gasteiger partial charge in [0.05, 0.1) is 21.8 Å². The molecule has 2 aromatic rings. The van der Waals surface area contributed by atoms with Gasteiger partial charge in [0.25, 0.3) is 5.91 Å². The van der Waals surface area contributed by atoms with E-state index in [0.717, 1.165) is 6.07 Å². The van der Waals surface area contributed by atoms with E-state index in [0.29, 0.717) is 5.02 Å². The van der Waals surface area contributed by atoms with Gasteiger partial charge in [0.15, 0.2) is 0 Å². The molecule has 0 spiro atoms. The maximum Gasteiger partial charge on any atom is 0.257 e. The molecule has 0 radical (unpaired) electrons. The van der Waals surface area contributed by atoms with Crippen LogP contribution in [-0.4, -0.2) is 5.91 Å². The van der Waals surface area contributed by atoms with Gasteiger partial charge in [-0.15, -0.1) is 0 Å². The Bertz CT molecular complexity index is 726. The van der Waals surface area contributed by atoms with Crippen LogP contribution in [0.5, 0.6) is 0 Å². The molecular formula is C14H7Cl2FN2O. The number of benzene rings is 2. The fraction of sp³-hybridized carbons (Fsp3) is 0. The molecule has 3 nitrogen and oxygen atoms in total. The zero-order valence-corrected chi connectivity index (χ0v) is 11.5. The lowest BCUT2D eigenvalue weighted by atomic mass is 10.1. The molecule has 0 unspecified atom stereocenters. The molecule has 100 valence electrons. The minimum atomic E-state index is -0.689. The SMILES string of the molecule is N#Cc1ccc(Cl)cc1NC(=O)c1cccc(F)c1Cl. The molecule has 0 saturated heterocycles. The summed E-state index contributed by atoms with van der Waals surface area (Å²) in [5.74, 6) is -1.31. The monoisotopic (exact) mass is 308 g/mol. The van der Waals surface area contributed by atoms with E-state index in [4.69, 9.17) is 28.5 Å². The normalized spacial score (nSPS) is 9.90. The van der Waals surface area contributed by atoms with Crippen LogP contribution in [0.4, 0.5) is 10.1 Å². The molecule has 0 aromatic heterocycles. The van der Waals surface area contributed by atoms with Crippen molar-refractivity contribution in [1.29, 1.82) is 5.26 Å².